The van der Waals surface area contributed by atoms with Crippen LogP contribution in [-0.4, -0.2) is 44.3 Å². The third kappa shape index (κ3) is 7.56. The third-order valence-corrected chi connectivity index (χ3v) is 8.18. The number of hydrogen-bond acceptors (Lipinski definition) is 4. The van der Waals surface area contributed by atoms with Gasteiger partial charge in [-0.25, -0.2) is 8.42 Å². The molecule has 0 saturated carbocycles. The van der Waals surface area contributed by atoms with Gasteiger partial charge in [0.05, 0.1) is 10.6 Å². The zero-order valence-corrected chi connectivity index (χ0v) is 23.8. The number of rotatable bonds is 11. The van der Waals surface area contributed by atoms with Crippen molar-refractivity contribution >= 4 is 55.1 Å². The molecule has 1 atom stereocenters. The molecule has 10 heteroatoms. The Morgan fingerprint density at radius 1 is 1.00 bits per heavy atom. The molecule has 3 rings (SSSR count). The normalized spacial score (nSPS) is 12.0. The molecule has 1 N–H and O–H groups in total. The second-order valence-corrected chi connectivity index (χ2v) is 11.6. The standard InChI is InChI=1S/C27H29BrClN3O4S/c1-3-15-30-27(34)20(2)31(18-21-9-7-11-23(29)16-21)26(33)19-32(24-12-8-10-22(28)17-24)37(35,36)25-13-5-4-6-14-25/h4-14,16-17,20H,3,15,18-19H2,1-2H3,(H,30,34)/t20-/m0/s1. The van der Waals surface area contributed by atoms with E-state index in [1.807, 2.05) is 6.92 Å². The molecule has 0 heterocycles. The summed E-state index contributed by atoms with van der Waals surface area (Å²) in [4.78, 5) is 28.1. The van der Waals surface area contributed by atoms with Gasteiger partial charge in [0.25, 0.3) is 10.0 Å². The fraction of sp³-hybridized carbons (Fsp3) is 0.259. The van der Waals surface area contributed by atoms with Crippen LogP contribution >= 0.6 is 27.5 Å². The van der Waals surface area contributed by atoms with Gasteiger partial charge in [-0.3, -0.25) is 13.9 Å². The molecule has 2 amide bonds. The number of nitrogens with one attached hydrogen (secondary N) is 1. The number of sulfonamides is 1. The Morgan fingerprint density at radius 2 is 1.70 bits per heavy atom. The van der Waals surface area contributed by atoms with Gasteiger partial charge < -0.3 is 10.2 Å². The maximum Gasteiger partial charge on any atom is 0.264 e. The molecule has 0 aliphatic rings. The monoisotopic (exact) mass is 605 g/mol. The Balaban J connectivity index is 2.01. The number of anilines is 1. The number of halogens is 2. The van der Waals surface area contributed by atoms with E-state index in [1.165, 1.54) is 17.0 Å². The lowest BCUT2D eigenvalue weighted by atomic mass is 10.1. The van der Waals surface area contributed by atoms with E-state index >= 15 is 0 Å². The predicted molar refractivity (Wildman–Crippen MR) is 150 cm³/mol. The lowest BCUT2D eigenvalue weighted by Crippen LogP contribution is -2.51. The van der Waals surface area contributed by atoms with Crippen molar-refractivity contribution in [2.75, 3.05) is 17.4 Å². The minimum Gasteiger partial charge on any atom is -0.354 e. The lowest BCUT2D eigenvalue weighted by molar-refractivity contribution is -0.139. The summed E-state index contributed by atoms with van der Waals surface area (Å²) in [7, 11) is -4.10. The summed E-state index contributed by atoms with van der Waals surface area (Å²) in [5.74, 6) is -0.851. The van der Waals surface area contributed by atoms with E-state index in [4.69, 9.17) is 11.6 Å². The van der Waals surface area contributed by atoms with E-state index in [0.717, 1.165) is 16.3 Å². The SMILES string of the molecule is CCCNC(=O)[C@H](C)N(Cc1cccc(Cl)c1)C(=O)CN(c1cccc(Br)c1)S(=O)(=O)c1ccccc1. The van der Waals surface area contributed by atoms with Crippen molar-refractivity contribution in [2.24, 2.45) is 0 Å². The molecule has 0 saturated heterocycles. The first kappa shape index (κ1) is 28.7. The Bertz CT molecular complexity index is 1340. The number of nitrogens with zero attached hydrogens (tertiary/aromatic N) is 2. The Hall–Kier alpha value is -2.88. The molecule has 37 heavy (non-hydrogen) atoms. The van der Waals surface area contributed by atoms with Gasteiger partial charge in [0, 0.05) is 22.6 Å². The largest absolute Gasteiger partial charge is 0.354 e. The number of hydrogen-bond donors (Lipinski definition) is 1. The van der Waals surface area contributed by atoms with Crippen molar-refractivity contribution in [3.05, 3.63) is 93.9 Å². The summed E-state index contributed by atoms with van der Waals surface area (Å²) >= 11 is 9.53. The summed E-state index contributed by atoms with van der Waals surface area (Å²) in [6.45, 7) is 3.61. The summed E-state index contributed by atoms with van der Waals surface area (Å²) in [6.07, 6.45) is 0.743. The minimum absolute atomic E-state index is 0.0536. The molecule has 0 aromatic heterocycles. The quantitative estimate of drug-likeness (QED) is 0.323. The van der Waals surface area contributed by atoms with E-state index in [0.29, 0.717) is 21.7 Å². The predicted octanol–water partition coefficient (Wildman–Crippen LogP) is 5.24. The maximum atomic E-state index is 13.8. The van der Waals surface area contributed by atoms with Crippen LogP contribution in [0.1, 0.15) is 25.8 Å². The van der Waals surface area contributed by atoms with Crippen molar-refractivity contribution < 1.29 is 18.0 Å². The zero-order chi connectivity index (χ0) is 27.0. The van der Waals surface area contributed by atoms with Crippen molar-refractivity contribution in [1.82, 2.24) is 10.2 Å². The highest BCUT2D eigenvalue weighted by Gasteiger charge is 2.32. The fourth-order valence-electron chi connectivity index (χ4n) is 3.69. The van der Waals surface area contributed by atoms with E-state index in [2.05, 4.69) is 21.2 Å². The van der Waals surface area contributed by atoms with Gasteiger partial charge in [0.1, 0.15) is 12.6 Å². The van der Waals surface area contributed by atoms with Crippen LogP contribution in [0.15, 0.2) is 88.2 Å². The van der Waals surface area contributed by atoms with Crippen molar-refractivity contribution in [3.63, 3.8) is 0 Å². The molecular formula is C27H29BrClN3O4S. The Kier molecular flexibility index (Phi) is 10.1. The number of amides is 2. The molecule has 0 aliphatic carbocycles. The summed E-state index contributed by atoms with van der Waals surface area (Å²) in [5, 5.41) is 3.31. The van der Waals surface area contributed by atoms with Crippen molar-refractivity contribution in [1.29, 1.82) is 0 Å². The molecular weight excluding hydrogens is 578 g/mol. The van der Waals surface area contributed by atoms with Crippen LogP contribution in [0.4, 0.5) is 5.69 Å². The van der Waals surface area contributed by atoms with Crippen molar-refractivity contribution in [3.8, 4) is 0 Å². The van der Waals surface area contributed by atoms with Gasteiger partial charge in [0.15, 0.2) is 0 Å². The zero-order valence-electron chi connectivity index (χ0n) is 20.6. The van der Waals surface area contributed by atoms with Crippen molar-refractivity contribution in [2.45, 2.75) is 37.8 Å². The average Bonchev–Trinajstić information content (AvgIpc) is 2.88. The van der Waals surface area contributed by atoms with Gasteiger partial charge in [-0.05, 0) is 61.4 Å². The molecule has 0 spiro atoms. The van der Waals surface area contributed by atoms with Crippen LogP contribution < -0.4 is 9.62 Å². The molecule has 0 fully saturated rings. The van der Waals surface area contributed by atoms with Gasteiger partial charge >= 0.3 is 0 Å². The average molecular weight is 607 g/mol. The molecule has 0 aliphatic heterocycles. The van der Waals surface area contributed by atoms with Crippen LogP contribution in [0.3, 0.4) is 0 Å². The first-order chi connectivity index (χ1) is 17.6. The molecule has 3 aromatic carbocycles. The summed E-state index contributed by atoms with van der Waals surface area (Å²) in [5.41, 5.74) is 1.04. The van der Waals surface area contributed by atoms with Gasteiger partial charge in [-0.2, -0.15) is 0 Å². The lowest BCUT2D eigenvalue weighted by Gasteiger charge is -2.32. The summed E-state index contributed by atoms with van der Waals surface area (Å²) in [6, 6.07) is 20.8. The van der Waals surface area contributed by atoms with E-state index < -0.39 is 28.5 Å². The smallest absolute Gasteiger partial charge is 0.264 e. The maximum absolute atomic E-state index is 13.8. The highest BCUT2D eigenvalue weighted by atomic mass is 79.9. The highest BCUT2D eigenvalue weighted by molar-refractivity contribution is 9.10. The van der Waals surface area contributed by atoms with Crippen LogP contribution in [0.25, 0.3) is 0 Å². The second kappa shape index (κ2) is 13.1. The molecule has 0 bridgehead atoms. The van der Waals surface area contributed by atoms with Gasteiger partial charge in [-0.15, -0.1) is 0 Å². The van der Waals surface area contributed by atoms with Crippen LogP contribution in [0.2, 0.25) is 5.02 Å². The van der Waals surface area contributed by atoms with Gasteiger partial charge in [-0.1, -0.05) is 70.9 Å². The Labute approximate surface area is 231 Å². The fourth-order valence-corrected chi connectivity index (χ4v) is 5.72. The molecule has 0 radical (unpaired) electrons. The molecule has 7 nitrogen and oxygen atoms in total. The molecule has 196 valence electrons. The Morgan fingerprint density at radius 3 is 2.35 bits per heavy atom. The van der Waals surface area contributed by atoms with Crippen LogP contribution in [0, 0.1) is 0 Å². The van der Waals surface area contributed by atoms with E-state index in [1.54, 1.807) is 73.7 Å². The van der Waals surface area contributed by atoms with E-state index in [9.17, 15) is 18.0 Å². The van der Waals surface area contributed by atoms with Crippen LogP contribution in [-0.2, 0) is 26.2 Å². The van der Waals surface area contributed by atoms with Gasteiger partial charge in [0.2, 0.25) is 11.8 Å². The highest BCUT2D eigenvalue weighted by Crippen LogP contribution is 2.27. The number of benzene rings is 3. The molecule has 3 aromatic rings. The molecule has 0 unspecified atom stereocenters. The second-order valence-electron chi connectivity index (χ2n) is 8.42. The van der Waals surface area contributed by atoms with Crippen LogP contribution in [0.5, 0.6) is 0 Å². The number of carbonyl (C=O) groups excluding carboxylic acids is 2. The first-order valence-corrected chi connectivity index (χ1v) is 14.4. The third-order valence-electron chi connectivity index (χ3n) is 5.66. The summed E-state index contributed by atoms with van der Waals surface area (Å²) < 4.78 is 29.1. The minimum atomic E-state index is -4.10. The first-order valence-electron chi connectivity index (χ1n) is 11.8. The topological polar surface area (TPSA) is 86.8 Å². The number of carbonyl (C=O) groups is 2. The van der Waals surface area contributed by atoms with E-state index in [-0.39, 0.29) is 17.3 Å².